The lowest BCUT2D eigenvalue weighted by atomic mass is 10.1. The Hall–Kier alpha value is -3.83. The highest BCUT2D eigenvalue weighted by Gasteiger charge is 2.33. The van der Waals surface area contributed by atoms with E-state index in [9.17, 15) is 22.8 Å². The number of hydrogen-bond acceptors (Lipinski definition) is 7. The fourth-order valence-corrected chi connectivity index (χ4v) is 3.21. The number of aromatic nitrogens is 3. The highest BCUT2D eigenvalue weighted by Crippen LogP contribution is 2.34. The van der Waals surface area contributed by atoms with Crippen molar-refractivity contribution >= 4 is 23.0 Å². The zero-order chi connectivity index (χ0) is 26.0. The molecule has 0 fully saturated rings. The molecule has 12 heteroatoms. The van der Waals surface area contributed by atoms with Crippen molar-refractivity contribution in [2.75, 3.05) is 13.7 Å². The second kappa shape index (κ2) is 9.80. The monoisotopic (exact) mass is 494 g/mol. The van der Waals surface area contributed by atoms with Crippen LogP contribution in [0.1, 0.15) is 49.4 Å². The average Bonchev–Trinajstić information content (AvgIpc) is 3.19. The van der Waals surface area contributed by atoms with Crippen molar-refractivity contribution in [3.05, 3.63) is 47.4 Å². The highest BCUT2D eigenvalue weighted by molar-refractivity contribution is 5.93. The molecule has 35 heavy (non-hydrogen) atoms. The third-order valence-corrected chi connectivity index (χ3v) is 4.64. The van der Waals surface area contributed by atoms with Gasteiger partial charge in [0.15, 0.2) is 0 Å². The molecule has 2 aromatic heterocycles. The number of carbonyl (C=O) groups is 2. The van der Waals surface area contributed by atoms with Crippen LogP contribution in [0, 0.1) is 0 Å². The molecule has 0 radical (unpaired) electrons. The molecule has 0 saturated heterocycles. The molecule has 9 nitrogen and oxygen atoms in total. The molecule has 0 atom stereocenters. The first kappa shape index (κ1) is 25.8. The average molecular weight is 494 g/mol. The van der Waals surface area contributed by atoms with Gasteiger partial charge in [0, 0.05) is 11.6 Å². The second-order valence-corrected chi connectivity index (χ2v) is 8.39. The first-order valence-corrected chi connectivity index (χ1v) is 10.6. The summed E-state index contributed by atoms with van der Waals surface area (Å²) in [5.41, 5.74) is -1.23. The number of nitrogens with one attached hydrogen (secondary N) is 1. The van der Waals surface area contributed by atoms with Gasteiger partial charge in [0.05, 0.1) is 31.6 Å². The van der Waals surface area contributed by atoms with Crippen molar-refractivity contribution in [1.29, 1.82) is 0 Å². The number of pyridine rings is 1. The first-order valence-electron chi connectivity index (χ1n) is 10.6. The predicted molar refractivity (Wildman–Crippen MR) is 119 cm³/mol. The van der Waals surface area contributed by atoms with E-state index in [1.54, 1.807) is 33.8 Å². The topological polar surface area (TPSA) is 105 Å². The van der Waals surface area contributed by atoms with Crippen LogP contribution in [0.2, 0.25) is 0 Å². The Morgan fingerprint density at radius 3 is 2.43 bits per heavy atom. The Labute approximate surface area is 199 Å². The zero-order valence-corrected chi connectivity index (χ0v) is 19.8. The van der Waals surface area contributed by atoms with Gasteiger partial charge < -0.3 is 19.5 Å². The summed E-state index contributed by atoms with van der Waals surface area (Å²) in [5.74, 6) is -0.533. The number of ether oxygens (including phenoxy) is 3. The maximum absolute atomic E-state index is 13.2. The van der Waals surface area contributed by atoms with Crippen LogP contribution in [0.15, 0.2) is 30.5 Å². The molecule has 0 spiro atoms. The summed E-state index contributed by atoms with van der Waals surface area (Å²) in [5, 5.41) is 7.23. The zero-order valence-electron chi connectivity index (χ0n) is 19.8. The van der Waals surface area contributed by atoms with Crippen LogP contribution in [0.4, 0.5) is 18.0 Å². The maximum Gasteiger partial charge on any atom is 0.433 e. The van der Waals surface area contributed by atoms with Gasteiger partial charge in [-0.15, -0.1) is 0 Å². The molecule has 3 rings (SSSR count). The lowest BCUT2D eigenvalue weighted by Crippen LogP contribution is -2.32. The van der Waals surface area contributed by atoms with Crippen LogP contribution < -0.4 is 10.1 Å². The molecule has 0 aliphatic carbocycles. The summed E-state index contributed by atoms with van der Waals surface area (Å²) >= 11 is 0. The Morgan fingerprint density at radius 2 is 1.83 bits per heavy atom. The molecule has 0 bridgehead atoms. The van der Waals surface area contributed by atoms with Gasteiger partial charge >= 0.3 is 18.2 Å². The minimum Gasteiger partial charge on any atom is -0.494 e. The Kier molecular flexibility index (Phi) is 7.22. The maximum atomic E-state index is 13.2. The van der Waals surface area contributed by atoms with E-state index in [-0.39, 0.29) is 35.7 Å². The normalized spacial score (nSPS) is 11.9. The Balaban J connectivity index is 2.07. The van der Waals surface area contributed by atoms with Crippen LogP contribution in [0.5, 0.6) is 5.75 Å². The van der Waals surface area contributed by atoms with Crippen molar-refractivity contribution in [2.24, 2.45) is 0 Å². The number of esters is 1. The van der Waals surface area contributed by atoms with Gasteiger partial charge in [-0.1, -0.05) is 0 Å². The first-order chi connectivity index (χ1) is 16.3. The van der Waals surface area contributed by atoms with Gasteiger partial charge in [-0.05, 0) is 52.0 Å². The van der Waals surface area contributed by atoms with Gasteiger partial charge in [0.2, 0.25) is 0 Å². The predicted octanol–water partition coefficient (Wildman–Crippen LogP) is 4.65. The number of carbonyl (C=O) groups excluding carboxylic acids is 2. The lowest BCUT2D eigenvalue weighted by molar-refractivity contribution is -0.140. The van der Waals surface area contributed by atoms with Gasteiger partial charge in [-0.2, -0.15) is 18.3 Å². The van der Waals surface area contributed by atoms with Crippen molar-refractivity contribution in [3.8, 4) is 11.4 Å². The molecule has 188 valence electrons. The summed E-state index contributed by atoms with van der Waals surface area (Å²) in [6, 6.07) is 5.14. The third kappa shape index (κ3) is 6.00. The van der Waals surface area contributed by atoms with E-state index in [1.807, 2.05) is 0 Å². The molecule has 1 amide bonds. The van der Waals surface area contributed by atoms with E-state index in [2.05, 4.69) is 15.4 Å². The summed E-state index contributed by atoms with van der Waals surface area (Å²) in [7, 11) is 1.32. The summed E-state index contributed by atoms with van der Waals surface area (Å²) < 4.78 is 56.5. The third-order valence-electron chi connectivity index (χ3n) is 4.64. The van der Waals surface area contributed by atoms with Gasteiger partial charge in [-0.25, -0.2) is 19.3 Å². The summed E-state index contributed by atoms with van der Waals surface area (Å²) in [6.07, 6.45) is -3.97. The van der Waals surface area contributed by atoms with Crippen LogP contribution in [0.25, 0.3) is 16.6 Å². The molecule has 3 aromatic rings. The largest absolute Gasteiger partial charge is 0.494 e. The number of nitrogens with zero attached hydrogens (tertiary/aromatic N) is 3. The minimum atomic E-state index is -4.64. The molecule has 0 saturated carbocycles. The van der Waals surface area contributed by atoms with E-state index in [1.165, 1.54) is 30.1 Å². The van der Waals surface area contributed by atoms with Crippen LogP contribution >= 0.6 is 0 Å². The van der Waals surface area contributed by atoms with Gasteiger partial charge in [0.1, 0.15) is 28.1 Å². The number of rotatable bonds is 6. The molecule has 0 unspecified atom stereocenters. The number of alkyl carbamates (subject to hydrolysis) is 1. The number of halogens is 3. The van der Waals surface area contributed by atoms with E-state index < -0.39 is 29.5 Å². The van der Waals surface area contributed by atoms with Crippen molar-refractivity contribution in [2.45, 2.75) is 46.0 Å². The Bertz CT molecular complexity index is 1250. The Morgan fingerprint density at radius 1 is 1.11 bits per heavy atom. The number of amides is 1. The standard InChI is InChI=1S/C23H25F3N4O5/c1-6-34-20(31)14-12-30(29-15(14)11-27-21(32)35-22(2,3)4)16-8-9-17(33-5)19-13(16)7-10-18(28-19)23(24,25)26/h7-10,12H,6,11H2,1-5H3,(H,27,32). The van der Waals surface area contributed by atoms with Crippen LogP contribution in [-0.2, 0) is 22.2 Å². The molecule has 1 aromatic carbocycles. The smallest absolute Gasteiger partial charge is 0.433 e. The highest BCUT2D eigenvalue weighted by atomic mass is 19.4. The van der Waals surface area contributed by atoms with E-state index in [4.69, 9.17) is 14.2 Å². The summed E-state index contributed by atoms with van der Waals surface area (Å²) in [4.78, 5) is 28.3. The van der Waals surface area contributed by atoms with Crippen molar-refractivity contribution in [1.82, 2.24) is 20.1 Å². The summed E-state index contributed by atoms with van der Waals surface area (Å²) in [6.45, 7) is 6.72. The number of benzene rings is 1. The van der Waals surface area contributed by atoms with Gasteiger partial charge in [-0.3, -0.25) is 0 Å². The molecular formula is C23H25F3N4O5. The SMILES string of the molecule is CCOC(=O)c1cn(-c2ccc(OC)c3nc(C(F)(F)F)ccc23)nc1CNC(=O)OC(C)(C)C. The molecule has 0 aliphatic rings. The number of fused-ring (bicyclic) bond motifs is 1. The van der Waals surface area contributed by atoms with E-state index >= 15 is 0 Å². The van der Waals surface area contributed by atoms with Crippen LogP contribution in [0.3, 0.4) is 0 Å². The lowest BCUT2D eigenvalue weighted by Gasteiger charge is -2.19. The fraction of sp³-hybridized carbons (Fsp3) is 0.391. The van der Waals surface area contributed by atoms with E-state index in [0.29, 0.717) is 11.1 Å². The molecule has 2 heterocycles. The molecule has 0 aliphatic heterocycles. The molecule has 1 N–H and O–H groups in total. The number of methoxy groups -OCH3 is 1. The fourth-order valence-electron chi connectivity index (χ4n) is 3.21. The van der Waals surface area contributed by atoms with Crippen molar-refractivity contribution < 1.29 is 37.0 Å². The molecular weight excluding hydrogens is 469 g/mol. The number of alkyl halides is 3. The number of hydrogen-bond donors (Lipinski definition) is 1. The minimum absolute atomic E-state index is 0.0264. The second-order valence-electron chi connectivity index (χ2n) is 8.39. The van der Waals surface area contributed by atoms with Crippen LogP contribution in [-0.4, -0.2) is 46.1 Å². The van der Waals surface area contributed by atoms with Gasteiger partial charge in [0.25, 0.3) is 0 Å². The van der Waals surface area contributed by atoms with Crippen molar-refractivity contribution in [3.63, 3.8) is 0 Å². The van der Waals surface area contributed by atoms with E-state index in [0.717, 1.165) is 6.07 Å². The quantitative estimate of drug-likeness (QED) is 0.498.